The van der Waals surface area contributed by atoms with E-state index in [0.29, 0.717) is 16.1 Å². The van der Waals surface area contributed by atoms with Crippen molar-refractivity contribution in [2.75, 3.05) is 4.90 Å². The molecule has 0 saturated heterocycles. The maximum absolute atomic E-state index is 6.15. The summed E-state index contributed by atoms with van der Waals surface area (Å²) in [6.45, 7) is 0. The summed E-state index contributed by atoms with van der Waals surface area (Å²) in [5, 5.41) is 4.35. The zero-order chi connectivity index (χ0) is 16.5. The molecule has 0 spiro atoms. The number of nitrogens with zero attached hydrogens (tertiary/aromatic N) is 5. The Morgan fingerprint density at radius 3 is 2.08 bits per heavy atom. The number of imidazole rings is 1. The van der Waals surface area contributed by atoms with Crippen LogP contribution in [0.2, 0.25) is 5.28 Å². The summed E-state index contributed by atoms with van der Waals surface area (Å²) < 4.78 is 2.34. The Balaban J connectivity index is 2.01. The Hall–Kier alpha value is -2.44. The van der Waals surface area contributed by atoms with Crippen LogP contribution in [0, 0.1) is 0 Å². The Labute approximate surface area is 151 Å². The van der Waals surface area contributed by atoms with Crippen molar-refractivity contribution in [2.45, 2.75) is 0 Å². The van der Waals surface area contributed by atoms with Gasteiger partial charge in [0.15, 0.2) is 11.5 Å². The molecule has 2 aromatic carbocycles. The van der Waals surface area contributed by atoms with Crippen molar-refractivity contribution in [3.8, 4) is 0 Å². The van der Waals surface area contributed by atoms with E-state index in [9.17, 15) is 0 Å². The molecule has 0 N–H and O–H groups in total. The van der Waals surface area contributed by atoms with Crippen molar-refractivity contribution >= 4 is 50.4 Å². The van der Waals surface area contributed by atoms with Crippen LogP contribution < -0.4 is 4.90 Å². The van der Waals surface area contributed by atoms with E-state index in [2.05, 4.69) is 31.0 Å². The first-order chi connectivity index (χ1) is 11.7. The van der Waals surface area contributed by atoms with Crippen molar-refractivity contribution in [3.63, 3.8) is 0 Å². The zero-order valence-electron chi connectivity index (χ0n) is 12.3. The monoisotopic (exact) mass is 399 g/mol. The lowest BCUT2D eigenvalue weighted by Gasteiger charge is -2.24. The minimum absolute atomic E-state index is 0.146. The second-order valence-electron chi connectivity index (χ2n) is 5.03. The average molecular weight is 401 g/mol. The Bertz CT molecular complexity index is 948. The Morgan fingerprint density at radius 1 is 0.917 bits per heavy atom. The summed E-state index contributed by atoms with van der Waals surface area (Å²) in [7, 11) is 0. The molecule has 118 valence electrons. The maximum atomic E-state index is 6.15. The van der Waals surface area contributed by atoms with Crippen LogP contribution in [-0.4, -0.2) is 19.6 Å². The van der Waals surface area contributed by atoms with Gasteiger partial charge in [0.25, 0.3) is 0 Å². The van der Waals surface area contributed by atoms with Crippen LogP contribution in [0.3, 0.4) is 0 Å². The van der Waals surface area contributed by atoms with Gasteiger partial charge in [-0.15, -0.1) is 5.10 Å². The van der Waals surface area contributed by atoms with Crippen LogP contribution in [0.25, 0.3) is 5.65 Å². The number of fused-ring (bicyclic) bond motifs is 1. The molecule has 0 aliphatic heterocycles. The lowest BCUT2D eigenvalue weighted by molar-refractivity contribution is 0.878. The third kappa shape index (κ3) is 2.64. The molecule has 4 rings (SSSR count). The van der Waals surface area contributed by atoms with E-state index in [0.717, 1.165) is 11.4 Å². The number of rotatable bonds is 3. The lowest BCUT2D eigenvalue weighted by Crippen LogP contribution is -2.14. The van der Waals surface area contributed by atoms with E-state index < -0.39 is 0 Å². The van der Waals surface area contributed by atoms with Crippen LogP contribution in [0.5, 0.6) is 0 Å². The quantitative estimate of drug-likeness (QED) is 0.485. The van der Waals surface area contributed by atoms with Gasteiger partial charge in [0.05, 0.1) is 6.20 Å². The normalized spacial score (nSPS) is 10.9. The second kappa shape index (κ2) is 6.22. The SMILES string of the molecule is Clc1nc(N(c2ccccc2)c2ccccc2)c2ncc(Br)n2n1. The maximum Gasteiger partial charge on any atom is 0.243 e. The highest BCUT2D eigenvalue weighted by Gasteiger charge is 2.20. The van der Waals surface area contributed by atoms with E-state index in [1.807, 2.05) is 65.6 Å². The number of hydrogen-bond donors (Lipinski definition) is 0. The van der Waals surface area contributed by atoms with Gasteiger partial charge < -0.3 is 0 Å². The molecular formula is C17H11BrClN5. The molecule has 0 amide bonds. The molecule has 0 saturated carbocycles. The molecule has 0 fully saturated rings. The number of hydrogen-bond acceptors (Lipinski definition) is 4. The summed E-state index contributed by atoms with van der Waals surface area (Å²) in [5.41, 5.74) is 2.53. The third-order valence-electron chi connectivity index (χ3n) is 3.52. The van der Waals surface area contributed by atoms with Crippen molar-refractivity contribution in [1.82, 2.24) is 19.6 Å². The number of para-hydroxylation sites is 2. The summed E-state index contributed by atoms with van der Waals surface area (Å²) in [5.74, 6) is 0.609. The van der Waals surface area contributed by atoms with Gasteiger partial charge in [0, 0.05) is 11.4 Å². The van der Waals surface area contributed by atoms with Crippen LogP contribution in [0.1, 0.15) is 0 Å². The van der Waals surface area contributed by atoms with Gasteiger partial charge in [0.2, 0.25) is 5.28 Å². The fourth-order valence-corrected chi connectivity index (χ4v) is 3.02. The van der Waals surface area contributed by atoms with E-state index in [1.165, 1.54) is 0 Å². The van der Waals surface area contributed by atoms with Gasteiger partial charge in [-0.25, -0.2) is 9.50 Å². The zero-order valence-corrected chi connectivity index (χ0v) is 14.7. The van der Waals surface area contributed by atoms with Gasteiger partial charge in [0.1, 0.15) is 4.60 Å². The molecular weight excluding hydrogens is 390 g/mol. The molecule has 4 aromatic rings. The van der Waals surface area contributed by atoms with Crippen LogP contribution in [0.4, 0.5) is 17.2 Å². The predicted molar refractivity (Wildman–Crippen MR) is 98.2 cm³/mol. The van der Waals surface area contributed by atoms with Gasteiger partial charge in [-0.2, -0.15) is 4.98 Å². The molecule has 0 aliphatic carbocycles. The number of anilines is 3. The van der Waals surface area contributed by atoms with Crippen molar-refractivity contribution in [2.24, 2.45) is 0 Å². The number of halogens is 2. The predicted octanol–water partition coefficient (Wildman–Crippen LogP) is 5.01. The summed E-state index contributed by atoms with van der Waals surface area (Å²) in [6.07, 6.45) is 1.68. The van der Waals surface area contributed by atoms with Crippen molar-refractivity contribution in [3.05, 3.63) is 76.7 Å². The molecule has 0 atom stereocenters. The van der Waals surface area contributed by atoms with Gasteiger partial charge in [-0.3, -0.25) is 4.90 Å². The molecule has 7 heteroatoms. The molecule has 24 heavy (non-hydrogen) atoms. The van der Waals surface area contributed by atoms with E-state index >= 15 is 0 Å². The number of benzene rings is 2. The van der Waals surface area contributed by atoms with Crippen LogP contribution in [-0.2, 0) is 0 Å². The van der Waals surface area contributed by atoms with Gasteiger partial charge in [-0.1, -0.05) is 36.4 Å². The lowest BCUT2D eigenvalue weighted by atomic mass is 10.2. The molecule has 0 unspecified atom stereocenters. The average Bonchev–Trinajstić information content (AvgIpc) is 2.98. The van der Waals surface area contributed by atoms with Crippen LogP contribution >= 0.6 is 27.5 Å². The first-order valence-corrected chi connectivity index (χ1v) is 8.38. The first-order valence-electron chi connectivity index (χ1n) is 7.21. The van der Waals surface area contributed by atoms with Crippen molar-refractivity contribution < 1.29 is 0 Å². The minimum atomic E-state index is 0.146. The van der Waals surface area contributed by atoms with E-state index in [4.69, 9.17) is 11.6 Å². The van der Waals surface area contributed by atoms with E-state index in [1.54, 1.807) is 10.7 Å². The topological polar surface area (TPSA) is 46.3 Å². The summed E-state index contributed by atoms with van der Waals surface area (Å²) in [6, 6.07) is 19.9. The standard InChI is InChI=1S/C17H11BrClN5/c18-14-11-20-15-16(21-17(19)22-24(14)15)23(12-7-3-1-4-8-12)13-9-5-2-6-10-13/h1-11H. The molecule has 0 bridgehead atoms. The highest BCUT2D eigenvalue weighted by atomic mass is 79.9. The highest BCUT2D eigenvalue weighted by Crippen LogP contribution is 2.35. The van der Waals surface area contributed by atoms with Crippen molar-refractivity contribution in [1.29, 1.82) is 0 Å². The fraction of sp³-hybridized carbons (Fsp3) is 0. The third-order valence-corrected chi connectivity index (χ3v) is 4.22. The molecule has 0 aliphatic rings. The molecule has 2 heterocycles. The minimum Gasteiger partial charge on any atom is -0.292 e. The summed E-state index contributed by atoms with van der Waals surface area (Å²) >= 11 is 9.58. The Morgan fingerprint density at radius 2 is 1.50 bits per heavy atom. The smallest absolute Gasteiger partial charge is 0.243 e. The summed E-state index contributed by atoms with van der Waals surface area (Å²) in [4.78, 5) is 10.9. The first kappa shape index (κ1) is 15.1. The van der Waals surface area contributed by atoms with Gasteiger partial charge in [-0.05, 0) is 51.8 Å². The highest BCUT2D eigenvalue weighted by molar-refractivity contribution is 9.10. The fourth-order valence-electron chi connectivity index (χ4n) is 2.51. The Kier molecular flexibility index (Phi) is 3.92. The molecule has 2 aromatic heterocycles. The number of aromatic nitrogens is 4. The van der Waals surface area contributed by atoms with E-state index in [-0.39, 0.29) is 5.28 Å². The van der Waals surface area contributed by atoms with Gasteiger partial charge >= 0.3 is 0 Å². The molecule has 5 nitrogen and oxygen atoms in total. The largest absolute Gasteiger partial charge is 0.292 e. The molecule has 0 radical (unpaired) electrons. The second-order valence-corrected chi connectivity index (χ2v) is 6.18. The van der Waals surface area contributed by atoms with Crippen LogP contribution in [0.15, 0.2) is 71.5 Å².